The summed E-state index contributed by atoms with van der Waals surface area (Å²) in [5.74, 6) is 0.157. The fourth-order valence-corrected chi connectivity index (χ4v) is 2.94. The second-order valence-corrected chi connectivity index (χ2v) is 5.51. The van der Waals surface area contributed by atoms with E-state index >= 15 is 0 Å². The number of carboxylic acids is 1. The molecule has 0 radical (unpaired) electrons. The maximum absolute atomic E-state index is 11.8. The van der Waals surface area contributed by atoms with Crippen LogP contribution in [0.1, 0.15) is 52.9 Å². The van der Waals surface area contributed by atoms with Crippen LogP contribution in [0.25, 0.3) is 0 Å². The van der Waals surface area contributed by atoms with Gasteiger partial charge in [-0.1, -0.05) is 33.6 Å². The third kappa shape index (κ3) is 4.40. The summed E-state index contributed by atoms with van der Waals surface area (Å²) >= 11 is 0. The first-order valence-corrected chi connectivity index (χ1v) is 7.29. The lowest BCUT2D eigenvalue weighted by atomic mass is 9.93. The highest BCUT2D eigenvalue weighted by molar-refractivity contribution is 5.82. The van der Waals surface area contributed by atoms with Crippen LogP contribution in [0, 0.1) is 11.8 Å². The molecule has 1 rings (SSSR count). The summed E-state index contributed by atoms with van der Waals surface area (Å²) in [6.45, 7) is 6.23. The number of hydrogen-bond donors (Lipinski definition) is 3. The Kier molecular flexibility index (Phi) is 6.12. The summed E-state index contributed by atoms with van der Waals surface area (Å²) in [5.41, 5.74) is 0. The molecular weight excluding hydrogens is 244 g/mol. The number of carbonyl (C=O) groups excluding carboxylic acids is 1. The van der Waals surface area contributed by atoms with Gasteiger partial charge in [0, 0.05) is 6.04 Å². The molecule has 0 aliphatic heterocycles. The molecule has 5 nitrogen and oxygen atoms in total. The van der Waals surface area contributed by atoms with Crippen molar-refractivity contribution in [2.75, 3.05) is 0 Å². The van der Waals surface area contributed by atoms with E-state index in [1.165, 1.54) is 0 Å². The van der Waals surface area contributed by atoms with Gasteiger partial charge in [0.05, 0.1) is 0 Å². The van der Waals surface area contributed by atoms with Gasteiger partial charge in [0.2, 0.25) is 0 Å². The molecule has 3 unspecified atom stereocenters. The Balaban J connectivity index is 2.44. The molecule has 19 heavy (non-hydrogen) atoms. The summed E-state index contributed by atoms with van der Waals surface area (Å²) in [7, 11) is 0. The summed E-state index contributed by atoms with van der Waals surface area (Å²) in [5, 5.41) is 14.5. The Labute approximate surface area is 115 Å². The summed E-state index contributed by atoms with van der Waals surface area (Å²) in [6.07, 6.45) is 4.45. The quantitative estimate of drug-likeness (QED) is 0.693. The molecule has 0 aromatic rings. The van der Waals surface area contributed by atoms with E-state index in [9.17, 15) is 9.59 Å². The van der Waals surface area contributed by atoms with Crippen molar-refractivity contribution >= 4 is 12.0 Å². The summed E-state index contributed by atoms with van der Waals surface area (Å²) in [4.78, 5) is 22.8. The first-order chi connectivity index (χ1) is 8.99. The van der Waals surface area contributed by atoms with Crippen LogP contribution in [-0.4, -0.2) is 29.2 Å². The molecule has 1 fully saturated rings. The molecule has 0 aromatic carbocycles. The minimum Gasteiger partial charge on any atom is -0.480 e. The Hall–Kier alpha value is -1.26. The Bertz CT molecular complexity index is 320. The van der Waals surface area contributed by atoms with Crippen LogP contribution >= 0.6 is 0 Å². The van der Waals surface area contributed by atoms with Gasteiger partial charge in [-0.15, -0.1) is 0 Å². The van der Waals surface area contributed by atoms with Crippen molar-refractivity contribution in [1.29, 1.82) is 0 Å². The second kappa shape index (κ2) is 7.36. The van der Waals surface area contributed by atoms with Gasteiger partial charge < -0.3 is 15.7 Å². The van der Waals surface area contributed by atoms with E-state index in [1.807, 2.05) is 6.92 Å². The third-order valence-electron chi connectivity index (χ3n) is 4.25. The van der Waals surface area contributed by atoms with Crippen LogP contribution in [0.4, 0.5) is 4.79 Å². The number of amides is 2. The van der Waals surface area contributed by atoms with Crippen molar-refractivity contribution in [2.24, 2.45) is 11.8 Å². The summed E-state index contributed by atoms with van der Waals surface area (Å²) < 4.78 is 0. The first kappa shape index (κ1) is 15.8. The average molecular weight is 270 g/mol. The summed E-state index contributed by atoms with van der Waals surface area (Å²) in [6, 6.07) is -0.973. The zero-order valence-corrected chi connectivity index (χ0v) is 12.1. The van der Waals surface area contributed by atoms with Crippen LogP contribution in [0.3, 0.4) is 0 Å². The fraction of sp³-hybridized carbons (Fsp3) is 0.857. The molecular formula is C14H26N2O3. The predicted molar refractivity (Wildman–Crippen MR) is 74.0 cm³/mol. The van der Waals surface area contributed by atoms with Crippen molar-refractivity contribution < 1.29 is 14.7 Å². The van der Waals surface area contributed by atoms with Gasteiger partial charge in [0.1, 0.15) is 6.04 Å². The maximum atomic E-state index is 11.8. The van der Waals surface area contributed by atoms with Gasteiger partial charge in [-0.25, -0.2) is 9.59 Å². The minimum atomic E-state index is -0.970. The van der Waals surface area contributed by atoms with Crippen LogP contribution in [-0.2, 0) is 4.79 Å². The Morgan fingerprint density at radius 3 is 2.47 bits per heavy atom. The van der Waals surface area contributed by atoms with Gasteiger partial charge >= 0.3 is 12.0 Å². The Morgan fingerprint density at radius 1 is 1.32 bits per heavy atom. The van der Waals surface area contributed by atoms with E-state index < -0.39 is 12.0 Å². The van der Waals surface area contributed by atoms with Crippen molar-refractivity contribution in [3.05, 3.63) is 0 Å². The molecule has 0 heterocycles. The van der Waals surface area contributed by atoms with Gasteiger partial charge in [-0.3, -0.25) is 0 Å². The highest BCUT2D eigenvalue weighted by atomic mass is 16.4. The molecule has 0 saturated heterocycles. The molecule has 5 heteroatoms. The van der Waals surface area contributed by atoms with Gasteiger partial charge in [-0.2, -0.15) is 0 Å². The largest absolute Gasteiger partial charge is 0.480 e. The smallest absolute Gasteiger partial charge is 0.326 e. The van der Waals surface area contributed by atoms with Crippen molar-refractivity contribution in [2.45, 2.75) is 65.0 Å². The fourth-order valence-electron chi connectivity index (χ4n) is 2.94. The molecule has 2 amide bonds. The van der Waals surface area contributed by atoms with Crippen molar-refractivity contribution in [3.8, 4) is 0 Å². The van der Waals surface area contributed by atoms with Crippen LogP contribution < -0.4 is 10.6 Å². The van der Waals surface area contributed by atoms with Crippen molar-refractivity contribution in [3.63, 3.8) is 0 Å². The van der Waals surface area contributed by atoms with Gasteiger partial charge in [0.25, 0.3) is 0 Å². The molecule has 0 aromatic heterocycles. The lowest BCUT2D eigenvalue weighted by Gasteiger charge is -2.22. The molecule has 4 atom stereocenters. The second-order valence-electron chi connectivity index (χ2n) is 5.51. The number of aliphatic carboxylic acids is 1. The zero-order valence-electron chi connectivity index (χ0n) is 12.1. The molecule has 1 aliphatic rings. The standard InChI is InChI=1S/C14H26N2O3/c1-4-6-12(13(17)18)16-14(19)15-11-8-7-10(5-2)9(11)3/h9-12H,4-8H2,1-3H3,(H,17,18)(H2,15,16,19)/t9?,10?,11?,12-/m1/s1. The molecule has 1 aliphatic carbocycles. The van der Waals surface area contributed by atoms with E-state index in [0.29, 0.717) is 18.3 Å². The third-order valence-corrected chi connectivity index (χ3v) is 4.25. The monoisotopic (exact) mass is 270 g/mol. The number of urea groups is 1. The molecule has 0 bridgehead atoms. The predicted octanol–water partition coefficient (Wildman–Crippen LogP) is 2.36. The van der Waals surface area contributed by atoms with Gasteiger partial charge in [0.15, 0.2) is 0 Å². The molecule has 0 spiro atoms. The number of carboxylic acid groups (broad SMARTS) is 1. The average Bonchev–Trinajstić information content (AvgIpc) is 2.69. The first-order valence-electron chi connectivity index (χ1n) is 7.29. The minimum absolute atomic E-state index is 0.168. The highest BCUT2D eigenvalue weighted by Crippen LogP contribution is 2.33. The maximum Gasteiger partial charge on any atom is 0.326 e. The van der Waals surface area contributed by atoms with E-state index in [1.54, 1.807) is 0 Å². The van der Waals surface area contributed by atoms with Crippen LogP contribution in [0.15, 0.2) is 0 Å². The number of carbonyl (C=O) groups is 2. The highest BCUT2D eigenvalue weighted by Gasteiger charge is 2.32. The number of nitrogens with one attached hydrogen (secondary N) is 2. The topological polar surface area (TPSA) is 78.4 Å². The SMILES string of the molecule is CCC[C@@H](NC(=O)NC1CCC(CC)C1C)C(=O)O. The van der Waals surface area contributed by atoms with Crippen molar-refractivity contribution in [1.82, 2.24) is 10.6 Å². The normalized spacial score (nSPS) is 27.8. The van der Waals surface area contributed by atoms with E-state index in [2.05, 4.69) is 24.5 Å². The molecule has 3 N–H and O–H groups in total. The molecule has 1 saturated carbocycles. The lowest BCUT2D eigenvalue weighted by molar-refractivity contribution is -0.139. The van der Waals surface area contributed by atoms with Crippen LogP contribution in [0.2, 0.25) is 0 Å². The van der Waals surface area contributed by atoms with E-state index in [4.69, 9.17) is 5.11 Å². The number of hydrogen-bond acceptors (Lipinski definition) is 2. The molecule has 110 valence electrons. The van der Waals surface area contributed by atoms with E-state index in [-0.39, 0.29) is 12.1 Å². The van der Waals surface area contributed by atoms with Gasteiger partial charge in [-0.05, 0) is 31.1 Å². The van der Waals surface area contributed by atoms with E-state index in [0.717, 1.165) is 25.7 Å². The Morgan fingerprint density at radius 2 is 2.00 bits per heavy atom. The zero-order chi connectivity index (χ0) is 14.4. The lowest BCUT2D eigenvalue weighted by Crippen LogP contribution is -2.49. The van der Waals surface area contributed by atoms with Crippen LogP contribution in [0.5, 0.6) is 0 Å². The number of rotatable bonds is 6.